The first kappa shape index (κ1) is 16.4. The lowest BCUT2D eigenvalue weighted by molar-refractivity contribution is 0.202. The molecule has 1 aliphatic heterocycles. The van der Waals surface area contributed by atoms with E-state index < -0.39 is 10.0 Å². The van der Waals surface area contributed by atoms with Crippen LogP contribution in [0.3, 0.4) is 0 Å². The van der Waals surface area contributed by atoms with E-state index in [0.717, 1.165) is 25.9 Å². The third-order valence-electron chi connectivity index (χ3n) is 4.14. The summed E-state index contributed by atoms with van der Waals surface area (Å²) >= 11 is 0. The Bertz CT molecular complexity index is 566. The fraction of sp³-hybridized carbons (Fsp3) is 0.600. The van der Waals surface area contributed by atoms with Gasteiger partial charge >= 0.3 is 0 Å². The van der Waals surface area contributed by atoms with Crippen LogP contribution >= 0.6 is 0 Å². The second kappa shape index (κ2) is 6.87. The maximum atomic E-state index is 12.6. The summed E-state index contributed by atoms with van der Waals surface area (Å²) in [7, 11) is 0.257. The predicted molar refractivity (Wildman–Crippen MR) is 82.4 cm³/mol. The molecular weight excluding hydrogens is 288 g/mol. The van der Waals surface area contributed by atoms with Gasteiger partial charge in [-0.25, -0.2) is 12.7 Å². The summed E-state index contributed by atoms with van der Waals surface area (Å²) in [5.41, 5.74) is 0.615. The first-order chi connectivity index (χ1) is 9.93. The quantitative estimate of drug-likeness (QED) is 0.886. The summed E-state index contributed by atoms with van der Waals surface area (Å²) in [5.74, 6) is 0.419. The van der Waals surface area contributed by atoms with Gasteiger partial charge in [0.1, 0.15) is 0 Å². The molecule has 1 aromatic rings. The SMILES string of the molecule is CN1CCC(CN(C)S(=O)(=O)c2cccc(CO)c2)CC1. The van der Waals surface area contributed by atoms with Crippen molar-refractivity contribution in [2.45, 2.75) is 24.3 Å². The lowest BCUT2D eigenvalue weighted by Crippen LogP contribution is -2.37. The molecule has 6 heteroatoms. The van der Waals surface area contributed by atoms with Crippen molar-refractivity contribution in [3.8, 4) is 0 Å². The minimum absolute atomic E-state index is 0.151. The van der Waals surface area contributed by atoms with Crippen LogP contribution in [0.2, 0.25) is 0 Å². The zero-order valence-electron chi connectivity index (χ0n) is 12.7. The van der Waals surface area contributed by atoms with Crippen LogP contribution in [0.25, 0.3) is 0 Å². The molecule has 1 fully saturated rings. The van der Waals surface area contributed by atoms with Gasteiger partial charge in [0.2, 0.25) is 10.0 Å². The topological polar surface area (TPSA) is 60.9 Å². The minimum atomic E-state index is -3.48. The van der Waals surface area contributed by atoms with Gasteiger partial charge in [0.05, 0.1) is 11.5 Å². The highest BCUT2D eigenvalue weighted by molar-refractivity contribution is 7.89. The maximum absolute atomic E-state index is 12.6. The molecule has 118 valence electrons. The van der Waals surface area contributed by atoms with Gasteiger partial charge in [0.25, 0.3) is 0 Å². The molecule has 0 aliphatic carbocycles. The van der Waals surface area contributed by atoms with Gasteiger partial charge in [0, 0.05) is 13.6 Å². The van der Waals surface area contributed by atoms with Crippen LogP contribution in [-0.4, -0.2) is 56.5 Å². The standard InChI is InChI=1S/C15H24N2O3S/c1-16-8-6-13(7-9-16)11-17(2)21(19,20)15-5-3-4-14(10-15)12-18/h3-5,10,13,18H,6-9,11-12H2,1-2H3. The molecule has 2 rings (SSSR count). The molecule has 1 N–H and O–H groups in total. The van der Waals surface area contributed by atoms with Crippen LogP contribution in [0.15, 0.2) is 29.2 Å². The highest BCUT2D eigenvalue weighted by Gasteiger charge is 2.25. The summed E-state index contributed by atoms with van der Waals surface area (Å²) in [4.78, 5) is 2.53. The van der Waals surface area contributed by atoms with Crippen molar-refractivity contribution < 1.29 is 13.5 Å². The zero-order chi connectivity index (χ0) is 15.5. The Morgan fingerprint density at radius 3 is 2.62 bits per heavy atom. The number of nitrogens with zero attached hydrogens (tertiary/aromatic N) is 2. The number of rotatable bonds is 5. The van der Waals surface area contributed by atoms with E-state index in [2.05, 4.69) is 11.9 Å². The molecule has 0 bridgehead atoms. The van der Waals surface area contributed by atoms with Crippen molar-refractivity contribution in [3.63, 3.8) is 0 Å². The van der Waals surface area contributed by atoms with Crippen LogP contribution in [0.1, 0.15) is 18.4 Å². The molecule has 1 aliphatic rings. The van der Waals surface area contributed by atoms with Crippen molar-refractivity contribution in [1.29, 1.82) is 0 Å². The minimum Gasteiger partial charge on any atom is -0.392 e. The monoisotopic (exact) mass is 312 g/mol. The summed E-state index contributed by atoms with van der Waals surface area (Å²) < 4.78 is 26.6. The molecule has 1 saturated heterocycles. The Morgan fingerprint density at radius 2 is 2.00 bits per heavy atom. The molecule has 1 heterocycles. The molecular formula is C15H24N2O3S. The van der Waals surface area contributed by atoms with Crippen molar-refractivity contribution in [2.24, 2.45) is 5.92 Å². The molecule has 0 spiro atoms. The van der Waals surface area contributed by atoms with Gasteiger partial charge in [-0.2, -0.15) is 0 Å². The number of hydrogen-bond acceptors (Lipinski definition) is 4. The second-order valence-electron chi connectivity index (χ2n) is 5.84. The van der Waals surface area contributed by atoms with E-state index in [0.29, 0.717) is 18.0 Å². The van der Waals surface area contributed by atoms with Crippen molar-refractivity contribution in [2.75, 3.05) is 33.7 Å². The van der Waals surface area contributed by atoms with E-state index in [1.807, 2.05) is 0 Å². The van der Waals surface area contributed by atoms with E-state index in [1.54, 1.807) is 31.3 Å². The molecule has 0 unspecified atom stereocenters. The van der Waals surface area contributed by atoms with Crippen LogP contribution in [0, 0.1) is 5.92 Å². The van der Waals surface area contributed by atoms with Gasteiger partial charge in [0.15, 0.2) is 0 Å². The van der Waals surface area contributed by atoms with E-state index in [4.69, 9.17) is 5.11 Å². The van der Waals surface area contributed by atoms with Crippen molar-refractivity contribution in [3.05, 3.63) is 29.8 Å². The van der Waals surface area contributed by atoms with Gasteiger partial charge in [-0.15, -0.1) is 0 Å². The van der Waals surface area contributed by atoms with Gasteiger partial charge in [-0.1, -0.05) is 12.1 Å². The number of sulfonamides is 1. The lowest BCUT2D eigenvalue weighted by Gasteiger charge is -2.31. The smallest absolute Gasteiger partial charge is 0.242 e. The van der Waals surface area contributed by atoms with Crippen LogP contribution in [0.4, 0.5) is 0 Å². The largest absolute Gasteiger partial charge is 0.392 e. The van der Waals surface area contributed by atoms with E-state index in [1.165, 1.54) is 4.31 Å². The molecule has 5 nitrogen and oxygen atoms in total. The third kappa shape index (κ3) is 4.03. The van der Waals surface area contributed by atoms with Gasteiger partial charge < -0.3 is 10.0 Å². The van der Waals surface area contributed by atoms with Gasteiger partial charge in [-0.05, 0) is 56.6 Å². The normalized spacial score (nSPS) is 18.3. The number of aliphatic hydroxyl groups excluding tert-OH is 1. The molecule has 0 saturated carbocycles. The Balaban J connectivity index is 2.07. The number of aliphatic hydroxyl groups is 1. The Hall–Kier alpha value is -0.950. The van der Waals surface area contributed by atoms with E-state index in [9.17, 15) is 8.42 Å². The fourth-order valence-electron chi connectivity index (χ4n) is 2.69. The molecule has 0 atom stereocenters. The summed E-state index contributed by atoms with van der Waals surface area (Å²) in [6, 6.07) is 6.51. The highest BCUT2D eigenvalue weighted by atomic mass is 32.2. The first-order valence-electron chi connectivity index (χ1n) is 7.28. The second-order valence-corrected chi connectivity index (χ2v) is 7.88. The Kier molecular flexibility index (Phi) is 5.37. The lowest BCUT2D eigenvalue weighted by atomic mass is 9.97. The molecule has 1 aromatic carbocycles. The Morgan fingerprint density at radius 1 is 1.33 bits per heavy atom. The number of piperidine rings is 1. The highest BCUT2D eigenvalue weighted by Crippen LogP contribution is 2.21. The van der Waals surface area contributed by atoms with Crippen molar-refractivity contribution >= 4 is 10.0 Å². The van der Waals surface area contributed by atoms with Crippen LogP contribution in [0.5, 0.6) is 0 Å². The first-order valence-corrected chi connectivity index (χ1v) is 8.72. The Labute approximate surface area is 127 Å². The fourth-order valence-corrected chi connectivity index (χ4v) is 4.01. The summed E-state index contributed by atoms with van der Waals surface area (Å²) in [6.45, 7) is 2.46. The summed E-state index contributed by atoms with van der Waals surface area (Å²) in [5, 5.41) is 9.14. The third-order valence-corrected chi connectivity index (χ3v) is 5.96. The average molecular weight is 312 g/mol. The van der Waals surface area contributed by atoms with Crippen LogP contribution in [-0.2, 0) is 16.6 Å². The maximum Gasteiger partial charge on any atom is 0.242 e. The van der Waals surface area contributed by atoms with E-state index >= 15 is 0 Å². The number of likely N-dealkylation sites (tertiary alicyclic amines) is 1. The summed E-state index contributed by atoms with van der Waals surface area (Å²) in [6.07, 6.45) is 2.07. The zero-order valence-corrected chi connectivity index (χ0v) is 13.5. The number of hydrogen-bond donors (Lipinski definition) is 1. The van der Waals surface area contributed by atoms with Crippen molar-refractivity contribution in [1.82, 2.24) is 9.21 Å². The molecule has 0 radical (unpaired) electrons. The van der Waals surface area contributed by atoms with E-state index in [-0.39, 0.29) is 11.5 Å². The van der Waals surface area contributed by atoms with Gasteiger partial charge in [-0.3, -0.25) is 0 Å². The van der Waals surface area contributed by atoms with Crippen LogP contribution < -0.4 is 0 Å². The predicted octanol–water partition coefficient (Wildman–Crippen LogP) is 1.14. The molecule has 0 amide bonds. The average Bonchev–Trinajstić information content (AvgIpc) is 2.49. The molecule has 0 aromatic heterocycles. The molecule has 21 heavy (non-hydrogen) atoms. The number of benzene rings is 1.